The predicted molar refractivity (Wildman–Crippen MR) is 110 cm³/mol. The van der Waals surface area contributed by atoms with Crippen LogP contribution in [0.4, 0.5) is 11.4 Å². The molecule has 2 atom stereocenters. The molecular weight excluding hydrogens is 336 g/mol. The number of hydrogen-bond donors (Lipinski definition) is 0. The molecule has 2 aromatic rings. The summed E-state index contributed by atoms with van der Waals surface area (Å²) in [6, 6.07) is 17.7. The highest BCUT2D eigenvalue weighted by Gasteiger charge is 2.40. The van der Waals surface area contributed by atoms with Crippen LogP contribution in [0, 0.1) is 5.41 Å². The number of carbonyl (C=O) groups excluding carboxylic acids is 2. The number of fused-ring (bicyclic) bond motifs is 1. The number of hydrogen-bond acceptors (Lipinski definition) is 2. The minimum absolute atomic E-state index is 0.0152. The van der Waals surface area contributed by atoms with Crippen molar-refractivity contribution in [1.29, 1.82) is 0 Å². The highest BCUT2D eigenvalue weighted by molar-refractivity contribution is 5.99. The van der Waals surface area contributed by atoms with E-state index in [0.717, 1.165) is 16.9 Å². The van der Waals surface area contributed by atoms with Crippen LogP contribution < -0.4 is 9.80 Å². The molecule has 142 valence electrons. The van der Waals surface area contributed by atoms with Gasteiger partial charge in [-0.1, -0.05) is 57.2 Å². The van der Waals surface area contributed by atoms with Crippen molar-refractivity contribution >= 4 is 23.2 Å². The molecule has 0 saturated heterocycles. The van der Waals surface area contributed by atoms with Gasteiger partial charge in [-0.3, -0.25) is 9.59 Å². The van der Waals surface area contributed by atoms with Crippen LogP contribution in [0.15, 0.2) is 54.6 Å². The third-order valence-electron chi connectivity index (χ3n) is 5.11. The molecule has 1 aliphatic rings. The van der Waals surface area contributed by atoms with Crippen molar-refractivity contribution in [3.8, 4) is 0 Å². The van der Waals surface area contributed by atoms with Crippen molar-refractivity contribution in [2.45, 2.75) is 53.1 Å². The summed E-state index contributed by atoms with van der Waals surface area (Å²) in [5.74, 6) is 0.110. The number of benzene rings is 2. The lowest BCUT2D eigenvalue weighted by Crippen LogP contribution is -2.49. The lowest BCUT2D eigenvalue weighted by atomic mass is 9.87. The fourth-order valence-corrected chi connectivity index (χ4v) is 3.89. The first-order valence-electron chi connectivity index (χ1n) is 9.49. The van der Waals surface area contributed by atoms with E-state index in [0.29, 0.717) is 6.42 Å². The van der Waals surface area contributed by atoms with E-state index in [1.54, 1.807) is 6.92 Å². The predicted octanol–water partition coefficient (Wildman–Crippen LogP) is 4.95. The molecule has 0 aromatic heterocycles. The quantitative estimate of drug-likeness (QED) is 0.756. The molecule has 0 bridgehead atoms. The van der Waals surface area contributed by atoms with Gasteiger partial charge < -0.3 is 9.80 Å². The summed E-state index contributed by atoms with van der Waals surface area (Å²) in [5, 5.41) is 0. The largest absolute Gasteiger partial charge is 0.309 e. The molecule has 2 aromatic carbocycles. The average molecular weight is 364 g/mol. The molecule has 1 heterocycles. The minimum Gasteiger partial charge on any atom is -0.309 e. The van der Waals surface area contributed by atoms with E-state index in [1.807, 2.05) is 85.2 Å². The molecule has 27 heavy (non-hydrogen) atoms. The number of amides is 2. The van der Waals surface area contributed by atoms with Crippen LogP contribution in [0.3, 0.4) is 0 Å². The SMILES string of the molecule is CC(=O)N1c2ccccc2[C@@H](N(C(=O)C(C)(C)C)c2ccccc2)C[C@H]1C. The Labute approximate surface area is 161 Å². The van der Waals surface area contributed by atoms with Gasteiger partial charge in [-0.05, 0) is 37.1 Å². The molecular formula is C23H28N2O2. The molecule has 3 rings (SSSR count). The number of carbonyl (C=O) groups is 2. The first kappa shape index (κ1) is 19.2. The van der Waals surface area contributed by atoms with Gasteiger partial charge in [0.2, 0.25) is 11.8 Å². The van der Waals surface area contributed by atoms with Crippen LogP contribution in [0.1, 0.15) is 52.6 Å². The Morgan fingerprint density at radius 3 is 2.19 bits per heavy atom. The zero-order chi connectivity index (χ0) is 19.8. The summed E-state index contributed by atoms with van der Waals surface area (Å²) in [4.78, 5) is 29.5. The fraction of sp³-hybridized carbons (Fsp3) is 0.391. The molecule has 1 aliphatic heterocycles. The summed E-state index contributed by atoms with van der Waals surface area (Å²) in [6.07, 6.45) is 0.702. The normalized spacial score (nSPS) is 19.4. The van der Waals surface area contributed by atoms with Crippen LogP contribution in [-0.2, 0) is 9.59 Å². The van der Waals surface area contributed by atoms with Gasteiger partial charge in [-0.25, -0.2) is 0 Å². The van der Waals surface area contributed by atoms with Gasteiger partial charge in [0.25, 0.3) is 0 Å². The summed E-state index contributed by atoms with van der Waals surface area (Å²) in [7, 11) is 0. The van der Waals surface area contributed by atoms with E-state index >= 15 is 0 Å². The maximum absolute atomic E-state index is 13.4. The van der Waals surface area contributed by atoms with Crippen LogP contribution in [0.25, 0.3) is 0 Å². The van der Waals surface area contributed by atoms with Crippen LogP contribution in [-0.4, -0.2) is 17.9 Å². The van der Waals surface area contributed by atoms with Gasteiger partial charge >= 0.3 is 0 Å². The Kier molecular flexibility index (Phi) is 5.09. The van der Waals surface area contributed by atoms with E-state index in [2.05, 4.69) is 6.92 Å². The van der Waals surface area contributed by atoms with Gasteiger partial charge in [0, 0.05) is 29.8 Å². The zero-order valence-corrected chi connectivity index (χ0v) is 16.8. The highest BCUT2D eigenvalue weighted by atomic mass is 16.2. The van der Waals surface area contributed by atoms with Crippen molar-refractivity contribution < 1.29 is 9.59 Å². The van der Waals surface area contributed by atoms with Gasteiger partial charge in [0.05, 0.1) is 6.04 Å². The second kappa shape index (κ2) is 7.18. The van der Waals surface area contributed by atoms with E-state index in [9.17, 15) is 9.59 Å². The Bertz CT molecular complexity index is 839. The Hall–Kier alpha value is -2.62. The van der Waals surface area contributed by atoms with Crippen molar-refractivity contribution in [2.24, 2.45) is 5.41 Å². The zero-order valence-electron chi connectivity index (χ0n) is 16.8. The minimum atomic E-state index is -0.508. The summed E-state index contributed by atoms with van der Waals surface area (Å²) in [6.45, 7) is 9.50. The monoisotopic (exact) mass is 364 g/mol. The van der Waals surface area contributed by atoms with Gasteiger partial charge in [-0.2, -0.15) is 0 Å². The maximum Gasteiger partial charge on any atom is 0.232 e. The number of rotatable bonds is 2. The van der Waals surface area contributed by atoms with E-state index in [4.69, 9.17) is 0 Å². The topological polar surface area (TPSA) is 40.6 Å². The first-order valence-corrected chi connectivity index (χ1v) is 9.49. The van der Waals surface area contributed by atoms with Gasteiger partial charge in [0.1, 0.15) is 0 Å². The van der Waals surface area contributed by atoms with Crippen LogP contribution >= 0.6 is 0 Å². The molecule has 0 unspecified atom stereocenters. The van der Waals surface area contributed by atoms with Gasteiger partial charge in [0.15, 0.2) is 0 Å². The van der Waals surface area contributed by atoms with Gasteiger partial charge in [-0.15, -0.1) is 0 Å². The summed E-state index contributed by atoms with van der Waals surface area (Å²) >= 11 is 0. The maximum atomic E-state index is 13.4. The molecule has 2 amide bonds. The second-order valence-electron chi connectivity index (χ2n) is 8.31. The molecule has 0 fully saturated rings. The number of para-hydroxylation sites is 2. The standard InChI is InChI=1S/C23H28N2O2/c1-16-15-21(19-13-9-10-14-20(19)24(16)17(2)26)25(22(27)23(3,4)5)18-11-7-6-8-12-18/h6-14,16,21H,15H2,1-5H3/t16-,21+/m1/s1. The first-order chi connectivity index (χ1) is 12.7. The van der Waals surface area contributed by atoms with E-state index in [-0.39, 0.29) is 23.9 Å². The van der Waals surface area contributed by atoms with Crippen LogP contribution in [0.5, 0.6) is 0 Å². The van der Waals surface area contributed by atoms with Crippen LogP contribution in [0.2, 0.25) is 0 Å². The van der Waals surface area contributed by atoms with E-state index < -0.39 is 5.41 Å². The smallest absolute Gasteiger partial charge is 0.232 e. The Morgan fingerprint density at radius 1 is 1.00 bits per heavy atom. The molecule has 0 radical (unpaired) electrons. The van der Waals surface area contributed by atoms with Crippen molar-refractivity contribution in [3.05, 3.63) is 60.2 Å². The summed E-state index contributed by atoms with van der Waals surface area (Å²) in [5.41, 5.74) is 2.30. The summed E-state index contributed by atoms with van der Waals surface area (Å²) < 4.78 is 0. The molecule has 0 saturated carbocycles. The Balaban J connectivity index is 2.16. The fourth-order valence-electron chi connectivity index (χ4n) is 3.89. The molecule has 0 aliphatic carbocycles. The lowest BCUT2D eigenvalue weighted by Gasteiger charge is -2.44. The molecule has 0 spiro atoms. The molecule has 0 N–H and O–H groups in total. The van der Waals surface area contributed by atoms with E-state index in [1.165, 1.54) is 0 Å². The second-order valence-corrected chi connectivity index (χ2v) is 8.31. The third kappa shape index (κ3) is 3.61. The number of nitrogens with zero attached hydrogens (tertiary/aromatic N) is 2. The highest BCUT2D eigenvalue weighted by Crippen LogP contribution is 2.43. The molecule has 4 heteroatoms. The van der Waals surface area contributed by atoms with Crippen molar-refractivity contribution in [2.75, 3.05) is 9.80 Å². The third-order valence-corrected chi connectivity index (χ3v) is 5.11. The number of anilines is 2. The lowest BCUT2D eigenvalue weighted by molar-refractivity contribution is -0.126. The average Bonchev–Trinajstić information content (AvgIpc) is 2.61. The Morgan fingerprint density at radius 2 is 1.59 bits per heavy atom. The van der Waals surface area contributed by atoms with Crippen molar-refractivity contribution in [1.82, 2.24) is 0 Å². The molecule has 4 nitrogen and oxygen atoms in total. The van der Waals surface area contributed by atoms with Crippen molar-refractivity contribution in [3.63, 3.8) is 0 Å².